The molecule has 0 aromatic rings. The summed E-state index contributed by atoms with van der Waals surface area (Å²) < 4.78 is 5.43. The molecule has 0 N–H and O–H groups in total. The minimum atomic E-state index is -0.451. The molecule has 1 saturated heterocycles. The summed E-state index contributed by atoms with van der Waals surface area (Å²) in [6.07, 6.45) is 3.74. The number of carbonyl (C=O) groups excluding carboxylic acids is 1. The SMILES string of the molecule is C[C@@H]1CN(C(=O)OC(C)(C)C)CCN1[C@@H]1C=C(C#N)CC1. The maximum absolute atomic E-state index is 12.1. The molecule has 5 nitrogen and oxygen atoms in total. The Kier molecular flexibility index (Phi) is 4.58. The molecule has 0 radical (unpaired) electrons. The van der Waals surface area contributed by atoms with Crippen molar-refractivity contribution in [2.45, 2.75) is 58.2 Å². The molecular weight excluding hydrogens is 266 g/mol. The summed E-state index contributed by atoms with van der Waals surface area (Å²) in [4.78, 5) is 16.3. The Morgan fingerprint density at radius 1 is 1.43 bits per heavy atom. The van der Waals surface area contributed by atoms with Crippen LogP contribution in [0.4, 0.5) is 4.79 Å². The van der Waals surface area contributed by atoms with Gasteiger partial charge in [-0.1, -0.05) is 6.08 Å². The zero-order chi connectivity index (χ0) is 15.6. The highest BCUT2D eigenvalue weighted by molar-refractivity contribution is 5.68. The second-order valence-corrected chi connectivity index (χ2v) is 6.92. The second kappa shape index (κ2) is 6.07. The van der Waals surface area contributed by atoms with E-state index < -0.39 is 5.60 Å². The highest BCUT2D eigenvalue weighted by atomic mass is 16.6. The zero-order valence-corrected chi connectivity index (χ0v) is 13.4. The Morgan fingerprint density at radius 2 is 2.14 bits per heavy atom. The van der Waals surface area contributed by atoms with E-state index in [1.54, 1.807) is 4.90 Å². The zero-order valence-electron chi connectivity index (χ0n) is 13.4. The highest BCUT2D eigenvalue weighted by Gasteiger charge is 2.33. The molecule has 0 bridgehead atoms. The lowest BCUT2D eigenvalue weighted by Gasteiger charge is -2.42. The van der Waals surface area contributed by atoms with Gasteiger partial charge in [0.1, 0.15) is 5.60 Å². The largest absolute Gasteiger partial charge is 0.444 e. The summed E-state index contributed by atoms with van der Waals surface area (Å²) in [6, 6.07) is 2.88. The molecule has 0 aromatic heterocycles. The van der Waals surface area contributed by atoms with Crippen LogP contribution in [0.5, 0.6) is 0 Å². The van der Waals surface area contributed by atoms with E-state index in [2.05, 4.69) is 24.0 Å². The van der Waals surface area contributed by atoms with Crippen LogP contribution in [0, 0.1) is 11.3 Å². The Morgan fingerprint density at radius 3 is 2.67 bits per heavy atom. The van der Waals surface area contributed by atoms with E-state index >= 15 is 0 Å². The number of nitriles is 1. The van der Waals surface area contributed by atoms with E-state index in [1.807, 2.05) is 20.8 Å². The van der Waals surface area contributed by atoms with Gasteiger partial charge in [0.25, 0.3) is 0 Å². The minimum Gasteiger partial charge on any atom is -0.444 e. The van der Waals surface area contributed by atoms with Gasteiger partial charge in [-0.15, -0.1) is 0 Å². The van der Waals surface area contributed by atoms with Crippen LogP contribution in [-0.2, 0) is 4.74 Å². The third-order valence-corrected chi connectivity index (χ3v) is 4.00. The normalized spacial score (nSPS) is 27.2. The minimum absolute atomic E-state index is 0.228. The number of allylic oxidation sites excluding steroid dienone is 1. The first kappa shape index (κ1) is 15.8. The van der Waals surface area contributed by atoms with Crippen molar-refractivity contribution in [2.24, 2.45) is 0 Å². The van der Waals surface area contributed by atoms with Crippen LogP contribution in [0.25, 0.3) is 0 Å². The number of nitrogens with zero attached hydrogens (tertiary/aromatic N) is 3. The van der Waals surface area contributed by atoms with Gasteiger partial charge in [0.2, 0.25) is 0 Å². The van der Waals surface area contributed by atoms with Gasteiger partial charge in [0, 0.05) is 37.3 Å². The van der Waals surface area contributed by atoms with Gasteiger partial charge in [-0.25, -0.2) is 4.79 Å². The van der Waals surface area contributed by atoms with Crippen molar-refractivity contribution in [2.75, 3.05) is 19.6 Å². The van der Waals surface area contributed by atoms with Gasteiger partial charge < -0.3 is 9.64 Å². The molecule has 21 heavy (non-hydrogen) atoms. The molecule has 2 atom stereocenters. The topological polar surface area (TPSA) is 56.6 Å². The maximum atomic E-state index is 12.1. The summed E-state index contributed by atoms with van der Waals surface area (Å²) in [5, 5.41) is 8.96. The summed E-state index contributed by atoms with van der Waals surface area (Å²) in [5.74, 6) is 0. The van der Waals surface area contributed by atoms with Crippen molar-refractivity contribution in [3.8, 4) is 6.07 Å². The first-order chi connectivity index (χ1) is 9.80. The van der Waals surface area contributed by atoms with E-state index in [9.17, 15) is 4.79 Å². The Balaban J connectivity index is 1.92. The van der Waals surface area contributed by atoms with E-state index in [0.717, 1.165) is 25.0 Å². The summed E-state index contributed by atoms with van der Waals surface area (Å²) in [5.41, 5.74) is 0.439. The average molecular weight is 291 g/mol. The van der Waals surface area contributed by atoms with Crippen LogP contribution in [-0.4, -0.2) is 53.2 Å². The molecular formula is C16H25N3O2. The van der Waals surface area contributed by atoms with Crippen molar-refractivity contribution in [3.63, 3.8) is 0 Å². The lowest BCUT2D eigenvalue weighted by atomic mass is 10.1. The van der Waals surface area contributed by atoms with E-state index in [4.69, 9.17) is 10.00 Å². The number of hydrogen-bond acceptors (Lipinski definition) is 4. The molecule has 0 saturated carbocycles. The third kappa shape index (κ3) is 3.98. The number of carbonyl (C=O) groups is 1. The number of hydrogen-bond donors (Lipinski definition) is 0. The summed E-state index contributed by atoms with van der Waals surface area (Å²) >= 11 is 0. The smallest absolute Gasteiger partial charge is 0.410 e. The summed E-state index contributed by atoms with van der Waals surface area (Å²) in [6.45, 7) is 9.99. The number of rotatable bonds is 1. The lowest BCUT2D eigenvalue weighted by molar-refractivity contribution is 0.00164. The quantitative estimate of drug-likeness (QED) is 0.745. The fourth-order valence-electron chi connectivity index (χ4n) is 3.01. The number of amides is 1. The highest BCUT2D eigenvalue weighted by Crippen LogP contribution is 2.26. The van der Waals surface area contributed by atoms with Gasteiger partial charge in [0.05, 0.1) is 6.07 Å². The molecule has 1 aliphatic carbocycles. The molecule has 1 fully saturated rings. The monoisotopic (exact) mass is 291 g/mol. The van der Waals surface area contributed by atoms with Crippen LogP contribution in [0.2, 0.25) is 0 Å². The van der Waals surface area contributed by atoms with Crippen molar-refractivity contribution in [1.82, 2.24) is 9.80 Å². The molecule has 0 unspecified atom stereocenters. The Bertz CT molecular complexity index is 473. The third-order valence-electron chi connectivity index (χ3n) is 4.00. The van der Waals surface area contributed by atoms with Crippen LogP contribution in [0.1, 0.15) is 40.5 Å². The van der Waals surface area contributed by atoms with Crippen LogP contribution in [0.15, 0.2) is 11.6 Å². The average Bonchev–Trinajstić information content (AvgIpc) is 2.85. The first-order valence-corrected chi connectivity index (χ1v) is 7.64. The fourth-order valence-corrected chi connectivity index (χ4v) is 3.01. The Hall–Kier alpha value is -1.54. The predicted molar refractivity (Wildman–Crippen MR) is 80.7 cm³/mol. The molecule has 2 aliphatic rings. The van der Waals surface area contributed by atoms with E-state index in [0.29, 0.717) is 19.1 Å². The first-order valence-electron chi connectivity index (χ1n) is 7.64. The van der Waals surface area contributed by atoms with Crippen LogP contribution < -0.4 is 0 Å². The van der Waals surface area contributed by atoms with Crippen molar-refractivity contribution in [1.29, 1.82) is 5.26 Å². The lowest BCUT2D eigenvalue weighted by Crippen LogP contribution is -2.56. The standard InChI is InChI=1S/C16H25N3O2/c1-12-11-18(15(20)21-16(2,3)4)7-8-19(12)14-6-5-13(9-14)10-17/h9,12,14H,5-8,11H2,1-4H3/t12-,14+/m1/s1. The van der Waals surface area contributed by atoms with Gasteiger partial charge in [-0.2, -0.15) is 5.26 Å². The van der Waals surface area contributed by atoms with Crippen molar-refractivity contribution in [3.05, 3.63) is 11.6 Å². The molecule has 2 rings (SSSR count). The molecule has 5 heteroatoms. The molecule has 0 aromatic carbocycles. The van der Waals surface area contributed by atoms with E-state index in [-0.39, 0.29) is 12.1 Å². The fraction of sp³-hybridized carbons (Fsp3) is 0.750. The summed E-state index contributed by atoms with van der Waals surface area (Å²) in [7, 11) is 0. The van der Waals surface area contributed by atoms with Crippen molar-refractivity contribution < 1.29 is 9.53 Å². The Labute approximate surface area is 127 Å². The van der Waals surface area contributed by atoms with Gasteiger partial charge in [-0.3, -0.25) is 4.90 Å². The molecule has 1 heterocycles. The van der Waals surface area contributed by atoms with E-state index in [1.165, 1.54) is 0 Å². The van der Waals surface area contributed by atoms with Crippen LogP contribution in [0.3, 0.4) is 0 Å². The van der Waals surface area contributed by atoms with Crippen molar-refractivity contribution >= 4 is 6.09 Å². The molecule has 1 aliphatic heterocycles. The predicted octanol–water partition coefficient (Wildman–Crippen LogP) is 2.54. The van der Waals surface area contributed by atoms with Gasteiger partial charge in [0.15, 0.2) is 0 Å². The maximum Gasteiger partial charge on any atom is 0.410 e. The van der Waals surface area contributed by atoms with Crippen LogP contribution >= 0.6 is 0 Å². The molecule has 1 amide bonds. The molecule has 116 valence electrons. The number of piperazine rings is 1. The molecule has 0 spiro atoms. The van der Waals surface area contributed by atoms with Gasteiger partial charge in [-0.05, 0) is 40.5 Å². The number of ether oxygens (including phenoxy) is 1. The second-order valence-electron chi connectivity index (χ2n) is 6.92. The van der Waals surface area contributed by atoms with Gasteiger partial charge >= 0.3 is 6.09 Å².